The van der Waals surface area contributed by atoms with Crippen molar-refractivity contribution in [3.63, 3.8) is 0 Å². The van der Waals surface area contributed by atoms with E-state index in [0.717, 1.165) is 72.4 Å². The molecular formula is C28H31N3O3. The van der Waals surface area contributed by atoms with Gasteiger partial charge in [-0.1, -0.05) is 24.3 Å². The number of nitrogens with one attached hydrogen (secondary N) is 1. The zero-order chi connectivity index (χ0) is 23.5. The van der Waals surface area contributed by atoms with Gasteiger partial charge in [0.05, 0.1) is 25.3 Å². The van der Waals surface area contributed by atoms with Gasteiger partial charge in [0.2, 0.25) is 0 Å². The number of carbonyl (C=O) groups excluding carboxylic acids is 1. The van der Waals surface area contributed by atoms with E-state index in [9.17, 15) is 4.79 Å². The van der Waals surface area contributed by atoms with Crippen LogP contribution in [0.1, 0.15) is 67.8 Å². The minimum atomic E-state index is -0.0844. The van der Waals surface area contributed by atoms with Gasteiger partial charge < -0.3 is 14.5 Å². The molecule has 176 valence electrons. The maximum atomic E-state index is 11.5. The lowest BCUT2D eigenvalue weighted by Crippen LogP contribution is -2.17. The predicted molar refractivity (Wildman–Crippen MR) is 134 cm³/mol. The number of hydrogen-bond acceptors (Lipinski definition) is 5. The second kappa shape index (κ2) is 9.84. The number of esters is 1. The number of nitrogens with zero attached hydrogens (tertiary/aromatic N) is 2. The summed E-state index contributed by atoms with van der Waals surface area (Å²) in [5.41, 5.74) is 6.73. The molecule has 6 nitrogen and oxygen atoms in total. The van der Waals surface area contributed by atoms with Gasteiger partial charge in [0.25, 0.3) is 0 Å². The average Bonchev–Trinajstić information content (AvgIpc) is 3.33. The Bertz CT molecular complexity index is 1230. The molecule has 0 saturated heterocycles. The monoisotopic (exact) mass is 457 g/mol. The van der Waals surface area contributed by atoms with Crippen LogP contribution in [0.25, 0.3) is 16.6 Å². The number of aromatic amines is 1. The summed E-state index contributed by atoms with van der Waals surface area (Å²) in [6.07, 6.45) is 8.76. The molecular weight excluding hydrogens is 426 g/mol. The molecule has 1 aliphatic heterocycles. The Hall–Kier alpha value is -3.41. The molecule has 2 aliphatic rings. The fourth-order valence-corrected chi connectivity index (χ4v) is 5.17. The summed E-state index contributed by atoms with van der Waals surface area (Å²) in [7, 11) is 3.14. The van der Waals surface area contributed by atoms with Crippen molar-refractivity contribution in [2.24, 2.45) is 10.9 Å². The molecule has 5 rings (SSSR count). The van der Waals surface area contributed by atoms with Crippen molar-refractivity contribution in [2.45, 2.75) is 50.9 Å². The summed E-state index contributed by atoms with van der Waals surface area (Å²) in [6, 6.07) is 14.8. The molecule has 0 radical (unpaired) electrons. The van der Waals surface area contributed by atoms with Crippen LogP contribution in [0, 0.1) is 5.92 Å². The van der Waals surface area contributed by atoms with Crippen molar-refractivity contribution in [2.75, 3.05) is 14.2 Å². The lowest BCUT2D eigenvalue weighted by molar-refractivity contribution is -0.142. The molecule has 1 aliphatic carbocycles. The third kappa shape index (κ3) is 4.76. The number of carbonyl (C=O) groups is 1. The molecule has 1 saturated carbocycles. The Morgan fingerprint density at radius 3 is 2.50 bits per heavy atom. The standard InChI is InChI=1S/C28H31N3O3/c1-33-23-12-14-25-26(16-23)31-28(30-25)22-11-13-24(29-17-22)21-9-7-20(8-10-21)19-5-3-18(4-6-19)15-27(32)34-2/h7-10,12,14,16-19H,3-6,11,13,15H2,1-2H3,(H,30,31). The fourth-order valence-electron chi connectivity index (χ4n) is 5.17. The van der Waals surface area contributed by atoms with Crippen molar-refractivity contribution in [1.82, 2.24) is 9.97 Å². The van der Waals surface area contributed by atoms with E-state index >= 15 is 0 Å². The normalized spacial score (nSPS) is 20.5. The smallest absolute Gasteiger partial charge is 0.305 e. The third-order valence-electron chi connectivity index (χ3n) is 7.25. The van der Waals surface area contributed by atoms with Gasteiger partial charge in [0.15, 0.2) is 0 Å². The van der Waals surface area contributed by atoms with E-state index in [1.54, 1.807) is 7.11 Å². The lowest BCUT2D eigenvalue weighted by atomic mass is 9.77. The van der Waals surface area contributed by atoms with Crippen LogP contribution >= 0.6 is 0 Å². The summed E-state index contributed by atoms with van der Waals surface area (Å²) in [6.45, 7) is 0. The van der Waals surface area contributed by atoms with Crippen molar-refractivity contribution < 1.29 is 14.3 Å². The van der Waals surface area contributed by atoms with E-state index in [-0.39, 0.29) is 5.97 Å². The summed E-state index contributed by atoms with van der Waals surface area (Å²) in [5, 5.41) is 0. The Morgan fingerprint density at radius 1 is 1.03 bits per heavy atom. The van der Waals surface area contributed by atoms with Crippen LogP contribution in [0.3, 0.4) is 0 Å². The first-order chi connectivity index (χ1) is 16.6. The highest BCUT2D eigenvalue weighted by atomic mass is 16.5. The van der Waals surface area contributed by atoms with Gasteiger partial charge in [-0.05, 0) is 73.6 Å². The molecule has 3 aromatic rings. The SMILES string of the molecule is COC(=O)CC1CCC(c2ccc(C3=NC=C(c4nc5cc(OC)ccc5[nH]4)CC3)cc2)CC1. The topological polar surface area (TPSA) is 76.6 Å². The first-order valence-corrected chi connectivity index (χ1v) is 12.1. The molecule has 0 spiro atoms. The minimum Gasteiger partial charge on any atom is -0.497 e. The number of ether oxygens (including phenoxy) is 2. The Kier molecular flexibility index (Phi) is 6.48. The van der Waals surface area contributed by atoms with Gasteiger partial charge in [-0.15, -0.1) is 0 Å². The van der Waals surface area contributed by atoms with Crippen molar-refractivity contribution >= 4 is 28.3 Å². The highest BCUT2D eigenvalue weighted by Gasteiger charge is 2.24. The molecule has 1 aromatic heterocycles. The van der Waals surface area contributed by atoms with Crippen LogP contribution in [0.15, 0.2) is 53.7 Å². The molecule has 0 bridgehead atoms. The summed E-state index contributed by atoms with van der Waals surface area (Å²) in [5.74, 6) is 2.65. The van der Waals surface area contributed by atoms with Crippen LogP contribution in [0.2, 0.25) is 0 Å². The van der Waals surface area contributed by atoms with Gasteiger partial charge in [-0.2, -0.15) is 0 Å². The van der Waals surface area contributed by atoms with E-state index in [2.05, 4.69) is 29.2 Å². The molecule has 0 amide bonds. The van der Waals surface area contributed by atoms with Crippen molar-refractivity contribution in [1.29, 1.82) is 0 Å². The summed E-state index contributed by atoms with van der Waals surface area (Å²) in [4.78, 5) is 24.4. The first-order valence-electron chi connectivity index (χ1n) is 12.1. The molecule has 0 unspecified atom stereocenters. The summed E-state index contributed by atoms with van der Waals surface area (Å²) < 4.78 is 10.1. The van der Waals surface area contributed by atoms with Crippen molar-refractivity contribution in [3.8, 4) is 5.75 Å². The zero-order valence-electron chi connectivity index (χ0n) is 19.8. The number of hydrogen-bond donors (Lipinski definition) is 1. The van der Waals surface area contributed by atoms with E-state index in [1.165, 1.54) is 18.2 Å². The van der Waals surface area contributed by atoms with E-state index in [4.69, 9.17) is 19.5 Å². The van der Waals surface area contributed by atoms with Gasteiger partial charge in [0, 0.05) is 30.0 Å². The van der Waals surface area contributed by atoms with Crippen LogP contribution in [-0.4, -0.2) is 35.9 Å². The Balaban J connectivity index is 1.24. The van der Waals surface area contributed by atoms with Gasteiger partial charge in [-0.3, -0.25) is 9.79 Å². The number of rotatable bonds is 6. The van der Waals surface area contributed by atoms with Gasteiger partial charge in [-0.25, -0.2) is 4.98 Å². The largest absolute Gasteiger partial charge is 0.497 e. The maximum absolute atomic E-state index is 11.5. The number of benzene rings is 2. The number of H-pyrrole nitrogens is 1. The fraction of sp³-hybridized carbons (Fsp3) is 0.393. The molecule has 6 heteroatoms. The average molecular weight is 458 g/mol. The molecule has 1 fully saturated rings. The number of fused-ring (bicyclic) bond motifs is 1. The lowest BCUT2D eigenvalue weighted by Gasteiger charge is -2.28. The maximum Gasteiger partial charge on any atom is 0.305 e. The molecule has 1 N–H and O–H groups in total. The Labute approximate surface area is 200 Å². The Morgan fingerprint density at radius 2 is 1.82 bits per heavy atom. The molecule has 34 heavy (non-hydrogen) atoms. The van der Waals surface area contributed by atoms with Crippen LogP contribution < -0.4 is 4.74 Å². The summed E-state index contributed by atoms with van der Waals surface area (Å²) >= 11 is 0. The van der Waals surface area contributed by atoms with Gasteiger partial charge >= 0.3 is 5.97 Å². The number of aliphatic imine (C=N–C) groups is 1. The molecule has 2 heterocycles. The van der Waals surface area contributed by atoms with E-state index in [0.29, 0.717) is 18.3 Å². The number of methoxy groups -OCH3 is 2. The second-order valence-corrected chi connectivity index (χ2v) is 9.32. The molecule has 0 atom stereocenters. The number of aromatic nitrogens is 2. The highest BCUT2D eigenvalue weighted by molar-refractivity contribution is 6.03. The first kappa shape index (κ1) is 22.4. The van der Waals surface area contributed by atoms with Crippen LogP contribution in [-0.2, 0) is 9.53 Å². The van der Waals surface area contributed by atoms with Gasteiger partial charge in [0.1, 0.15) is 11.6 Å². The number of allylic oxidation sites excluding steroid dienone is 1. The van der Waals surface area contributed by atoms with E-state index < -0.39 is 0 Å². The quantitative estimate of drug-likeness (QED) is 0.458. The van der Waals surface area contributed by atoms with Crippen LogP contribution in [0.5, 0.6) is 5.75 Å². The highest BCUT2D eigenvalue weighted by Crippen LogP contribution is 2.37. The third-order valence-corrected chi connectivity index (χ3v) is 7.25. The van der Waals surface area contributed by atoms with E-state index in [1.807, 2.05) is 24.4 Å². The zero-order valence-corrected chi connectivity index (χ0v) is 19.8. The second-order valence-electron chi connectivity index (χ2n) is 9.32. The van der Waals surface area contributed by atoms with Crippen molar-refractivity contribution in [3.05, 3.63) is 65.6 Å². The predicted octanol–water partition coefficient (Wildman–Crippen LogP) is 6.03. The van der Waals surface area contributed by atoms with Crippen LogP contribution in [0.4, 0.5) is 0 Å². The minimum absolute atomic E-state index is 0.0844. The number of imidazole rings is 1. The molecule has 2 aromatic carbocycles.